The lowest BCUT2D eigenvalue weighted by Gasteiger charge is -2.18. The molecule has 0 N–H and O–H groups in total. The van der Waals surface area contributed by atoms with Crippen molar-refractivity contribution in [3.05, 3.63) is 77.9 Å². The second-order valence-electron chi connectivity index (χ2n) is 6.64. The van der Waals surface area contributed by atoms with Gasteiger partial charge in [-0.3, -0.25) is 0 Å². The highest BCUT2D eigenvalue weighted by Gasteiger charge is 2.05. The monoisotopic (exact) mass is 370 g/mol. The highest BCUT2D eigenvalue weighted by molar-refractivity contribution is 5.98. The summed E-state index contributed by atoms with van der Waals surface area (Å²) in [4.78, 5) is 2.33. The van der Waals surface area contributed by atoms with E-state index in [1.54, 1.807) is 0 Å². The number of nitrogens with zero attached hydrogens (tertiary/aromatic N) is 2. The maximum absolute atomic E-state index is 9.68. The predicted octanol–water partition coefficient (Wildman–Crippen LogP) is 5.62. The maximum Gasteiger partial charge on any atom is 0.119 e. The van der Waals surface area contributed by atoms with Crippen molar-refractivity contribution in [2.45, 2.75) is 13.8 Å². The zero-order valence-corrected chi connectivity index (χ0v) is 16.6. The average molecular weight is 370 g/mol. The smallest absolute Gasteiger partial charge is 0.119 e. The van der Waals surface area contributed by atoms with Gasteiger partial charge in [0.25, 0.3) is 0 Å². The molecule has 0 amide bonds. The Balaban J connectivity index is 1.76. The molecule has 0 bridgehead atoms. The number of hydrogen-bond acceptors (Lipinski definition) is 3. The van der Waals surface area contributed by atoms with E-state index in [1.165, 1.54) is 5.39 Å². The van der Waals surface area contributed by atoms with E-state index in [0.717, 1.165) is 41.9 Å². The molecular weight excluding hydrogens is 344 g/mol. The standard InChI is InChI=1S/C25H26N2O/c1-3-27(4-2)16-17-28-24-14-12-20(13-15-24)23(19-26)18-22-10-7-9-21-8-5-6-11-25(21)22/h5-15,18H,3-4,16-17H2,1-2H3. The van der Waals surface area contributed by atoms with E-state index in [1.807, 2.05) is 54.6 Å². The molecule has 142 valence electrons. The second kappa shape index (κ2) is 9.73. The van der Waals surface area contributed by atoms with Crippen LogP contribution in [0.5, 0.6) is 5.75 Å². The summed E-state index contributed by atoms with van der Waals surface area (Å²) >= 11 is 0. The minimum Gasteiger partial charge on any atom is -0.492 e. The third-order valence-electron chi connectivity index (χ3n) is 4.98. The number of hydrogen-bond donors (Lipinski definition) is 0. The zero-order chi connectivity index (χ0) is 19.8. The molecule has 3 heteroatoms. The quantitative estimate of drug-likeness (QED) is 0.381. The number of rotatable bonds is 8. The van der Waals surface area contributed by atoms with Gasteiger partial charge in [0.15, 0.2) is 0 Å². The molecule has 0 aliphatic carbocycles. The molecule has 0 heterocycles. The van der Waals surface area contributed by atoms with E-state index in [0.29, 0.717) is 12.2 Å². The van der Waals surface area contributed by atoms with Crippen LogP contribution in [0.25, 0.3) is 22.4 Å². The highest BCUT2D eigenvalue weighted by Crippen LogP contribution is 2.25. The summed E-state index contributed by atoms with van der Waals surface area (Å²) in [5.41, 5.74) is 2.59. The molecule has 0 saturated carbocycles. The predicted molar refractivity (Wildman–Crippen MR) is 117 cm³/mol. The molecule has 0 aliphatic heterocycles. The Bertz CT molecular complexity index is 974. The van der Waals surface area contributed by atoms with E-state index in [9.17, 15) is 5.26 Å². The SMILES string of the molecule is CCN(CC)CCOc1ccc(C(C#N)=Cc2cccc3ccccc23)cc1. The van der Waals surface area contributed by atoms with Crippen LogP contribution in [-0.4, -0.2) is 31.1 Å². The first-order chi connectivity index (χ1) is 13.7. The van der Waals surface area contributed by atoms with Crippen molar-refractivity contribution in [3.63, 3.8) is 0 Å². The summed E-state index contributed by atoms with van der Waals surface area (Å²) in [7, 11) is 0. The number of benzene rings is 3. The van der Waals surface area contributed by atoms with Gasteiger partial charge in [0.05, 0.1) is 11.6 Å². The maximum atomic E-state index is 9.68. The minimum absolute atomic E-state index is 0.644. The van der Waals surface area contributed by atoms with E-state index in [4.69, 9.17) is 4.74 Å². The second-order valence-corrected chi connectivity index (χ2v) is 6.64. The van der Waals surface area contributed by atoms with Crippen LogP contribution in [0.1, 0.15) is 25.0 Å². The molecular formula is C25H26N2O. The lowest BCUT2D eigenvalue weighted by molar-refractivity contribution is 0.223. The van der Waals surface area contributed by atoms with Gasteiger partial charge in [0.2, 0.25) is 0 Å². The Hall–Kier alpha value is -3.09. The van der Waals surface area contributed by atoms with Crippen molar-refractivity contribution in [2.24, 2.45) is 0 Å². The van der Waals surface area contributed by atoms with Crippen LogP contribution < -0.4 is 4.74 Å². The fourth-order valence-corrected chi connectivity index (χ4v) is 3.28. The van der Waals surface area contributed by atoms with Gasteiger partial charge in [0.1, 0.15) is 12.4 Å². The molecule has 0 radical (unpaired) electrons. The summed E-state index contributed by atoms with van der Waals surface area (Å²) in [5.74, 6) is 0.832. The van der Waals surface area contributed by atoms with Gasteiger partial charge in [-0.1, -0.05) is 56.3 Å². The lowest BCUT2D eigenvalue weighted by Crippen LogP contribution is -2.27. The largest absolute Gasteiger partial charge is 0.492 e. The third-order valence-corrected chi connectivity index (χ3v) is 4.98. The lowest BCUT2D eigenvalue weighted by atomic mass is 9.99. The molecule has 0 fully saturated rings. The van der Waals surface area contributed by atoms with E-state index < -0.39 is 0 Å². The topological polar surface area (TPSA) is 36.3 Å². The van der Waals surface area contributed by atoms with Gasteiger partial charge >= 0.3 is 0 Å². The first kappa shape index (κ1) is 19.7. The molecule has 3 aromatic carbocycles. The van der Waals surface area contributed by atoms with Crippen LogP contribution in [0.2, 0.25) is 0 Å². The molecule has 0 spiro atoms. The van der Waals surface area contributed by atoms with Gasteiger partial charge in [-0.2, -0.15) is 5.26 Å². The van der Waals surface area contributed by atoms with Gasteiger partial charge in [-0.05, 0) is 65.3 Å². The molecule has 28 heavy (non-hydrogen) atoms. The minimum atomic E-state index is 0.644. The van der Waals surface area contributed by atoms with Gasteiger partial charge in [-0.25, -0.2) is 0 Å². The fourth-order valence-electron chi connectivity index (χ4n) is 3.28. The normalized spacial score (nSPS) is 11.6. The highest BCUT2D eigenvalue weighted by atomic mass is 16.5. The molecule has 0 atom stereocenters. The van der Waals surface area contributed by atoms with E-state index in [-0.39, 0.29) is 0 Å². The third kappa shape index (κ3) is 4.79. The van der Waals surface area contributed by atoms with Gasteiger partial charge in [-0.15, -0.1) is 0 Å². The van der Waals surface area contributed by atoms with Crippen molar-refractivity contribution >= 4 is 22.4 Å². The summed E-state index contributed by atoms with van der Waals surface area (Å²) in [6.07, 6.45) is 1.96. The number of allylic oxidation sites excluding steroid dienone is 1. The fraction of sp³-hybridized carbons (Fsp3) is 0.240. The molecule has 3 aromatic rings. The first-order valence-corrected chi connectivity index (χ1v) is 9.80. The van der Waals surface area contributed by atoms with Crippen molar-refractivity contribution < 1.29 is 4.74 Å². The van der Waals surface area contributed by atoms with Crippen LogP contribution in [0.4, 0.5) is 0 Å². The molecule has 0 aromatic heterocycles. The Kier molecular flexibility index (Phi) is 6.84. The van der Waals surface area contributed by atoms with Crippen molar-refractivity contribution in [1.82, 2.24) is 4.90 Å². The average Bonchev–Trinajstić information content (AvgIpc) is 2.76. The van der Waals surface area contributed by atoms with Crippen molar-refractivity contribution in [1.29, 1.82) is 5.26 Å². The molecule has 3 nitrogen and oxygen atoms in total. The van der Waals surface area contributed by atoms with Crippen LogP contribution in [-0.2, 0) is 0 Å². The summed E-state index contributed by atoms with van der Waals surface area (Å²) in [6.45, 7) is 7.96. The Morgan fingerprint density at radius 3 is 2.39 bits per heavy atom. The van der Waals surface area contributed by atoms with Crippen LogP contribution in [0.15, 0.2) is 66.7 Å². The molecule has 0 unspecified atom stereocenters. The van der Waals surface area contributed by atoms with Gasteiger partial charge < -0.3 is 9.64 Å². The van der Waals surface area contributed by atoms with E-state index in [2.05, 4.69) is 43.0 Å². The Labute approximate surface area is 167 Å². The van der Waals surface area contributed by atoms with Gasteiger partial charge in [0, 0.05) is 6.54 Å². The summed E-state index contributed by atoms with van der Waals surface area (Å²) in [6, 6.07) is 24.5. The number of nitriles is 1. The molecule has 0 saturated heterocycles. The van der Waals surface area contributed by atoms with Crippen LogP contribution in [0, 0.1) is 11.3 Å². The van der Waals surface area contributed by atoms with E-state index >= 15 is 0 Å². The summed E-state index contributed by atoms with van der Waals surface area (Å²) < 4.78 is 5.84. The number of likely N-dealkylation sites (N-methyl/N-ethyl adjacent to an activating group) is 1. The molecule has 3 rings (SSSR count). The number of ether oxygens (including phenoxy) is 1. The zero-order valence-electron chi connectivity index (χ0n) is 16.6. The van der Waals surface area contributed by atoms with Crippen molar-refractivity contribution in [2.75, 3.05) is 26.2 Å². The van der Waals surface area contributed by atoms with Crippen LogP contribution in [0.3, 0.4) is 0 Å². The molecule has 0 aliphatic rings. The van der Waals surface area contributed by atoms with Crippen LogP contribution >= 0.6 is 0 Å². The summed E-state index contributed by atoms with van der Waals surface area (Å²) in [5, 5.41) is 12.0. The Morgan fingerprint density at radius 2 is 1.68 bits per heavy atom. The number of fused-ring (bicyclic) bond motifs is 1. The Morgan fingerprint density at radius 1 is 0.964 bits per heavy atom. The van der Waals surface area contributed by atoms with Crippen molar-refractivity contribution in [3.8, 4) is 11.8 Å². The first-order valence-electron chi connectivity index (χ1n) is 9.80.